The molecule has 1 atom stereocenters. The minimum Gasteiger partial charge on any atom is -0.497 e. The lowest BCUT2D eigenvalue weighted by Gasteiger charge is -2.33. The molecule has 154 valence electrons. The molecule has 0 bridgehead atoms. The molecule has 1 saturated heterocycles. The molecular formula is C22H29N3O4+2. The summed E-state index contributed by atoms with van der Waals surface area (Å²) in [6.07, 6.45) is 0. The van der Waals surface area contributed by atoms with Crippen LogP contribution in [0.3, 0.4) is 0 Å². The van der Waals surface area contributed by atoms with Gasteiger partial charge in [-0.3, -0.25) is 4.79 Å². The summed E-state index contributed by atoms with van der Waals surface area (Å²) in [7, 11) is 3.84. The number of ether oxygens (including phenoxy) is 3. The van der Waals surface area contributed by atoms with Gasteiger partial charge in [0.1, 0.15) is 38.0 Å². The van der Waals surface area contributed by atoms with Crippen LogP contribution in [0.15, 0.2) is 42.5 Å². The first kappa shape index (κ1) is 19.5. The predicted octanol–water partition coefficient (Wildman–Crippen LogP) is -0.692. The number of rotatable bonds is 6. The number of quaternary nitrogens is 2. The summed E-state index contributed by atoms with van der Waals surface area (Å²) < 4.78 is 16.3. The van der Waals surface area contributed by atoms with Crippen LogP contribution >= 0.6 is 0 Å². The molecule has 0 saturated carbocycles. The third kappa shape index (κ3) is 4.46. The number of methoxy groups -OCH3 is 1. The Morgan fingerprint density at radius 3 is 2.69 bits per heavy atom. The maximum Gasteiger partial charge on any atom is 0.251 e. The number of fused-ring (bicyclic) bond motifs is 1. The van der Waals surface area contributed by atoms with E-state index in [9.17, 15) is 4.79 Å². The molecule has 3 N–H and O–H groups in total. The molecule has 2 aliphatic rings. The summed E-state index contributed by atoms with van der Waals surface area (Å²) in [5.41, 5.74) is 1.77. The average Bonchev–Trinajstić information content (AvgIpc) is 3.23. The van der Waals surface area contributed by atoms with Gasteiger partial charge >= 0.3 is 0 Å². The van der Waals surface area contributed by atoms with Gasteiger partial charge in [0.2, 0.25) is 6.79 Å². The summed E-state index contributed by atoms with van der Waals surface area (Å²) >= 11 is 0. The van der Waals surface area contributed by atoms with Crippen LogP contribution in [-0.4, -0.2) is 59.6 Å². The van der Waals surface area contributed by atoms with Gasteiger partial charge in [0, 0.05) is 11.1 Å². The van der Waals surface area contributed by atoms with E-state index in [0.717, 1.165) is 43.2 Å². The minimum atomic E-state index is -0.0891. The number of hydrogen-bond donors (Lipinski definition) is 3. The zero-order valence-corrected chi connectivity index (χ0v) is 17.0. The van der Waals surface area contributed by atoms with Gasteiger partial charge in [-0.05, 0) is 36.4 Å². The zero-order valence-electron chi connectivity index (χ0n) is 17.0. The second kappa shape index (κ2) is 8.71. The van der Waals surface area contributed by atoms with Crippen molar-refractivity contribution >= 4 is 5.91 Å². The Kier molecular flexibility index (Phi) is 5.87. The maximum absolute atomic E-state index is 12.7. The lowest BCUT2D eigenvalue weighted by Crippen LogP contribution is -3.27. The quantitative estimate of drug-likeness (QED) is 0.602. The summed E-state index contributed by atoms with van der Waals surface area (Å²) in [5.74, 6) is 2.16. The highest BCUT2D eigenvalue weighted by molar-refractivity contribution is 5.94. The van der Waals surface area contributed by atoms with Crippen LogP contribution in [0.4, 0.5) is 0 Å². The largest absolute Gasteiger partial charge is 0.497 e. The smallest absolute Gasteiger partial charge is 0.251 e. The molecule has 29 heavy (non-hydrogen) atoms. The highest BCUT2D eigenvalue weighted by Crippen LogP contribution is 2.33. The van der Waals surface area contributed by atoms with Crippen molar-refractivity contribution in [3.05, 3.63) is 53.6 Å². The molecule has 2 heterocycles. The van der Waals surface area contributed by atoms with E-state index in [1.165, 1.54) is 4.90 Å². The fraction of sp³-hybridized carbons (Fsp3) is 0.409. The van der Waals surface area contributed by atoms with Crippen LogP contribution in [0.1, 0.15) is 22.0 Å². The van der Waals surface area contributed by atoms with Gasteiger partial charge in [-0.1, -0.05) is 6.07 Å². The Hall–Kier alpha value is -2.77. The summed E-state index contributed by atoms with van der Waals surface area (Å²) in [6.45, 7) is 5.21. The summed E-state index contributed by atoms with van der Waals surface area (Å²) in [5, 5.41) is 3.13. The van der Waals surface area contributed by atoms with E-state index in [2.05, 4.69) is 24.5 Å². The molecule has 0 spiro atoms. The number of amides is 1. The van der Waals surface area contributed by atoms with Crippen molar-refractivity contribution in [1.29, 1.82) is 0 Å². The van der Waals surface area contributed by atoms with Gasteiger partial charge < -0.3 is 29.3 Å². The Labute approximate surface area is 171 Å². The molecule has 0 unspecified atom stereocenters. The van der Waals surface area contributed by atoms with Crippen LogP contribution in [0.5, 0.6) is 17.2 Å². The van der Waals surface area contributed by atoms with Crippen LogP contribution in [0.2, 0.25) is 0 Å². The topological polar surface area (TPSA) is 65.7 Å². The fourth-order valence-electron chi connectivity index (χ4n) is 4.04. The van der Waals surface area contributed by atoms with Crippen LogP contribution in [-0.2, 0) is 0 Å². The third-order valence-electron chi connectivity index (χ3n) is 5.84. The monoisotopic (exact) mass is 399 g/mol. The van der Waals surface area contributed by atoms with Gasteiger partial charge in [0.15, 0.2) is 11.5 Å². The van der Waals surface area contributed by atoms with Gasteiger partial charge in [0.25, 0.3) is 5.91 Å². The first-order valence-electron chi connectivity index (χ1n) is 10.1. The lowest BCUT2D eigenvalue weighted by molar-refractivity contribution is -1.02. The number of carbonyl (C=O) groups is 1. The Morgan fingerprint density at radius 2 is 1.90 bits per heavy atom. The van der Waals surface area contributed by atoms with Crippen molar-refractivity contribution in [1.82, 2.24) is 5.32 Å². The van der Waals surface area contributed by atoms with Crippen molar-refractivity contribution < 1.29 is 28.8 Å². The SMILES string of the molecule is COc1cccc(C(=O)NC[C@@H](c2ccc3c(c2)OCO3)[NH+]2CC[NH+](C)CC2)c1. The van der Waals surface area contributed by atoms with Crippen molar-refractivity contribution in [2.24, 2.45) is 0 Å². The number of carbonyl (C=O) groups excluding carboxylic acids is 1. The van der Waals surface area contributed by atoms with E-state index < -0.39 is 0 Å². The molecule has 1 fully saturated rings. The van der Waals surface area contributed by atoms with Crippen LogP contribution in [0.25, 0.3) is 0 Å². The maximum atomic E-state index is 12.7. The van der Waals surface area contributed by atoms with E-state index in [1.807, 2.05) is 18.2 Å². The normalized spacial score (nSPS) is 21.4. The Bertz CT molecular complexity index is 865. The number of hydrogen-bond acceptors (Lipinski definition) is 4. The highest BCUT2D eigenvalue weighted by Gasteiger charge is 2.31. The first-order chi connectivity index (χ1) is 14.1. The molecule has 7 heteroatoms. The Balaban J connectivity index is 1.51. The minimum absolute atomic E-state index is 0.0891. The number of nitrogens with one attached hydrogen (secondary N) is 3. The molecule has 2 aromatic carbocycles. The Morgan fingerprint density at radius 1 is 1.10 bits per heavy atom. The fourth-order valence-corrected chi connectivity index (χ4v) is 4.04. The zero-order chi connectivity index (χ0) is 20.2. The predicted molar refractivity (Wildman–Crippen MR) is 108 cm³/mol. The van der Waals surface area contributed by atoms with Crippen molar-refractivity contribution in [2.45, 2.75) is 6.04 Å². The second-order valence-corrected chi connectivity index (χ2v) is 7.72. The second-order valence-electron chi connectivity index (χ2n) is 7.72. The van der Waals surface area contributed by atoms with Crippen molar-refractivity contribution in [2.75, 3.05) is 53.7 Å². The molecular weight excluding hydrogens is 370 g/mol. The average molecular weight is 399 g/mol. The third-order valence-corrected chi connectivity index (χ3v) is 5.84. The van der Waals surface area contributed by atoms with Crippen LogP contribution in [0, 0.1) is 0 Å². The van der Waals surface area contributed by atoms with E-state index in [0.29, 0.717) is 17.9 Å². The van der Waals surface area contributed by atoms with E-state index in [-0.39, 0.29) is 18.7 Å². The summed E-state index contributed by atoms with van der Waals surface area (Å²) in [6, 6.07) is 13.5. The van der Waals surface area contributed by atoms with Gasteiger partial charge in [0.05, 0.1) is 20.7 Å². The summed E-state index contributed by atoms with van der Waals surface area (Å²) in [4.78, 5) is 15.8. The molecule has 4 rings (SSSR count). The number of piperazine rings is 1. The number of likely N-dealkylation sites (N-methyl/N-ethyl adjacent to an activating group) is 1. The molecule has 0 aliphatic carbocycles. The first-order valence-corrected chi connectivity index (χ1v) is 10.1. The van der Waals surface area contributed by atoms with Gasteiger partial charge in [-0.2, -0.15) is 0 Å². The van der Waals surface area contributed by atoms with Crippen molar-refractivity contribution in [3.63, 3.8) is 0 Å². The molecule has 1 amide bonds. The van der Waals surface area contributed by atoms with E-state index >= 15 is 0 Å². The molecule has 0 radical (unpaired) electrons. The van der Waals surface area contributed by atoms with Crippen LogP contribution < -0.4 is 29.3 Å². The van der Waals surface area contributed by atoms with E-state index in [1.54, 1.807) is 24.1 Å². The molecule has 0 aromatic heterocycles. The van der Waals surface area contributed by atoms with Gasteiger partial charge in [-0.15, -0.1) is 0 Å². The molecule has 7 nitrogen and oxygen atoms in total. The van der Waals surface area contributed by atoms with Gasteiger partial charge in [-0.25, -0.2) is 0 Å². The molecule has 2 aromatic rings. The highest BCUT2D eigenvalue weighted by atomic mass is 16.7. The standard InChI is InChI=1S/C22H27N3O4/c1-24-8-10-25(11-9-24)19(16-6-7-20-21(13-16)29-15-28-20)14-23-22(26)17-4-3-5-18(12-17)27-2/h3-7,12-13,19H,8-11,14-15H2,1-2H3,(H,23,26)/p+2/t19-/m0/s1. The lowest BCUT2D eigenvalue weighted by atomic mass is 10.0. The number of benzene rings is 2. The van der Waals surface area contributed by atoms with Crippen molar-refractivity contribution in [3.8, 4) is 17.2 Å². The molecule has 2 aliphatic heterocycles. The van der Waals surface area contributed by atoms with E-state index in [4.69, 9.17) is 14.2 Å².